The zero-order chi connectivity index (χ0) is 31.8. The summed E-state index contributed by atoms with van der Waals surface area (Å²) in [4.78, 5) is 46.3. The Morgan fingerprint density at radius 3 is 2.44 bits per heavy atom. The number of hydrogen-bond donors (Lipinski definition) is 7. The predicted molar refractivity (Wildman–Crippen MR) is 165 cm³/mol. The molecule has 0 radical (unpaired) electrons. The largest absolute Gasteiger partial charge is 0.505 e. The fourth-order valence-corrected chi connectivity index (χ4v) is 6.44. The molecule has 0 unspecified atom stereocenters. The van der Waals surface area contributed by atoms with E-state index in [0.29, 0.717) is 63.6 Å². The van der Waals surface area contributed by atoms with Crippen molar-refractivity contribution in [3.63, 3.8) is 0 Å². The highest BCUT2D eigenvalue weighted by molar-refractivity contribution is 6.37. The Morgan fingerprint density at radius 1 is 1.14 bits per heavy atom. The molecule has 43 heavy (non-hydrogen) atoms. The van der Waals surface area contributed by atoms with Gasteiger partial charge in [-0.25, -0.2) is 0 Å². The van der Waals surface area contributed by atoms with Crippen LogP contribution in [0.4, 0.5) is 0 Å². The third-order valence-corrected chi connectivity index (χ3v) is 9.04. The van der Waals surface area contributed by atoms with Crippen molar-refractivity contribution in [3.05, 3.63) is 27.7 Å². The minimum Gasteiger partial charge on any atom is -0.505 e. The van der Waals surface area contributed by atoms with Crippen LogP contribution in [-0.2, 0) is 20.8 Å². The maximum atomic E-state index is 14.2. The molecule has 3 amide bonds. The van der Waals surface area contributed by atoms with Gasteiger partial charge in [0, 0.05) is 25.6 Å². The van der Waals surface area contributed by atoms with Crippen molar-refractivity contribution in [3.8, 4) is 5.75 Å². The van der Waals surface area contributed by atoms with Crippen LogP contribution in [0.2, 0.25) is 10.0 Å². The molecule has 7 atom stereocenters. The first-order valence-electron chi connectivity index (χ1n) is 14.8. The molecule has 0 aromatic heterocycles. The highest BCUT2D eigenvalue weighted by Gasteiger charge is 2.50. The molecule has 0 spiro atoms. The number of halogens is 2. The lowest BCUT2D eigenvalue weighted by atomic mass is 9.83. The van der Waals surface area contributed by atoms with Crippen LogP contribution in [0.5, 0.6) is 5.75 Å². The van der Waals surface area contributed by atoms with Gasteiger partial charge in [-0.05, 0) is 68.1 Å². The molecule has 1 saturated carbocycles. The molecule has 1 aliphatic carbocycles. The first-order valence-corrected chi connectivity index (χ1v) is 15.6. The number of carbonyl (C=O) groups is 3. The van der Waals surface area contributed by atoms with Crippen LogP contribution < -0.4 is 22.1 Å². The molecule has 1 aliphatic heterocycles. The number of carbonyl (C=O) groups excluding carboxylic acids is 3. The predicted octanol–water partition coefficient (Wildman–Crippen LogP) is 1.43. The van der Waals surface area contributed by atoms with Gasteiger partial charge >= 0.3 is 0 Å². The quantitative estimate of drug-likeness (QED) is 0.0950. The number of unbranched alkanes of at least 4 members (excludes halogenated alkanes) is 1. The molecule has 1 aromatic carbocycles. The summed E-state index contributed by atoms with van der Waals surface area (Å²) in [6, 6.07) is 0.703. The van der Waals surface area contributed by atoms with Gasteiger partial charge in [-0.3, -0.25) is 19.4 Å². The maximum Gasteiger partial charge on any atom is 0.249 e. The number of likely N-dealkylation sites (tertiary alicyclic amines) is 1. The summed E-state index contributed by atoms with van der Waals surface area (Å²) < 4.78 is 0. The van der Waals surface area contributed by atoms with Crippen LogP contribution in [0, 0.1) is 11.8 Å². The van der Waals surface area contributed by atoms with E-state index >= 15 is 0 Å². The number of nitrogens with one attached hydrogen (secondary N) is 2. The Bertz CT molecular complexity index is 1160. The molecule has 240 valence electrons. The van der Waals surface area contributed by atoms with Crippen molar-refractivity contribution in [2.24, 2.45) is 28.3 Å². The van der Waals surface area contributed by atoms with E-state index < -0.39 is 36.1 Å². The lowest BCUT2D eigenvalue weighted by Crippen LogP contribution is -2.59. The summed E-state index contributed by atoms with van der Waals surface area (Å²) in [5.41, 5.74) is 11.1. The molecule has 1 heterocycles. The van der Waals surface area contributed by atoms with Gasteiger partial charge in [0.25, 0.3) is 0 Å². The molecule has 12 nitrogen and oxygen atoms in total. The number of benzene rings is 1. The topological polar surface area (TPSA) is 204 Å². The average Bonchev–Trinajstić information content (AvgIpc) is 3.33. The van der Waals surface area contributed by atoms with Crippen LogP contribution in [0.15, 0.2) is 17.1 Å². The highest BCUT2D eigenvalue weighted by atomic mass is 35.5. The van der Waals surface area contributed by atoms with Crippen molar-refractivity contribution in [1.29, 1.82) is 0 Å². The van der Waals surface area contributed by atoms with Gasteiger partial charge in [0.2, 0.25) is 17.7 Å². The summed E-state index contributed by atoms with van der Waals surface area (Å²) in [7, 11) is 0. The summed E-state index contributed by atoms with van der Waals surface area (Å²) >= 11 is 12.0. The van der Waals surface area contributed by atoms with E-state index in [9.17, 15) is 29.7 Å². The van der Waals surface area contributed by atoms with E-state index in [-0.39, 0.29) is 52.0 Å². The number of hydrogen-bond acceptors (Lipinski definition) is 7. The van der Waals surface area contributed by atoms with Gasteiger partial charge in [0.15, 0.2) is 11.7 Å². The van der Waals surface area contributed by atoms with Crippen molar-refractivity contribution in [2.75, 3.05) is 13.1 Å². The molecule has 0 bridgehead atoms. The lowest BCUT2D eigenvalue weighted by Gasteiger charge is -2.38. The number of guanidine groups is 1. The molecular formula is C29H44Cl2N6O6. The Morgan fingerprint density at radius 2 is 1.81 bits per heavy atom. The van der Waals surface area contributed by atoms with E-state index in [4.69, 9.17) is 34.7 Å². The SMILES string of the molecule is CC[C@H](C)[C@@H](NC(=O)[C@H](O)Cc1cc(Cl)c(O)c(Cl)c1)C(=O)N1[C@H](C(=O)NCCCCN=C(N)N)C[C@@H]2CC[C@@H](O)C[C@@H]21. The van der Waals surface area contributed by atoms with E-state index in [1.807, 2.05) is 13.8 Å². The number of amides is 3. The molecule has 1 aromatic rings. The van der Waals surface area contributed by atoms with Crippen molar-refractivity contribution in [2.45, 2.75) is 95.5 Å². The number of aliphatic hydroxyl groups excluding tert-OH is 2. The summed E-state index contributed by atoms with van der Waals surface area (Å²) in [6.45, 7) is 4.54. The number of aliphatic hydroxyl groups is 2. The van der Waals surface area contributed by atoms with Gasteiger partial charge in [-0.2, -0.15) is 0 Å². The number of phenolic OH excluding ortho intramolecular Hbond substituents is 1. The Labute approximate surface area is 262 Å². The van der Waals surface area contributed by atoms with Crippen molar-refractivity contribution >= 4 is 46.9 Å². The van der Waals surface area contributed by atoms with E-state index in [1.165, 1.54) is 12.1 Å². The molecule has 3 rings (SSSR count). The number of nitrogens with zero attached hydrogens (tertiary/aromatic N) is 2. The normalized spacial score (nSPS) is 23.5. The smallest absolute Gasteiger partial charge is 0.249 e. The lowest BCUT2D eigenvalue weighted by molar-refractivity contribution is -0.146. The summed E-state index contributed by atoms with van der Waals surface area (Å²) in [5, 5.41) is 36.6. The summed E-state index contributed by atoms with van der Waals surface area (Å²) in [6.07, 6.45) is 1.72. The molecule has 14 heteroatoms. The highest BCUT2D eigenvalue weighted by Crippen LogP contribution is 2.41. The minimum absolute atomic E-state index is 0.0126. The maximum absolute atomic E-state index is 14.2. The number of nitrogens with two attached hydrogens (primary N) is 2. The zero-order valence-electron chi connectivity index (χ0n) is 24.6. The monoisotopic (exact) mass is 642 g/mol. The van der Waals surface area contributed by atoms with Crippen LogP contribution in [0.25, 0.3) is 0 Å². The van der Waals surface area contributed by atoms with Gasteiger partial charge in [-0.15, -0.1) is 0 Å². The average molecular weight is 644 g/mol. The summed E-state index contributed by atoms with van der Waals surface area (Å²) in [5.74, 6) is -2.01. The fourth-order valence-electron chi connectivity index (χ4n) is 5.90. The molecule has 2 fully saturated rings. The standard InChI is InChI=1S/C29H44Cl2N6O6/c1-3-15(2)24(36-27(42)23(39)12-16-10-19(30)25(40)20(31)11-16)28(43)37-21-14-18(38)7-6-17(21)13-22(37)26(41)34-8-4-5-9-35-29(32)33/h10-11,15,17-18,21-24,38-40H,3-9,12-14H2,1-2H3,(H,34,41)(H,36,42)(H4,32,33,35)/t15-,17-,18+,21-,22-,23+,24+/m0/s1. The zero-order valence-corrected chi connectivity index (χ0v) is 26.2. The van der Waals surface area contributed by atoms with Crippen LogP contribution >= 0.6 is 23.2 Å². The Kier molecular flexibility index (Phi) is 12.7. The molecule has 9 N–H and O–H groups in total. The Hall–Kier alpha value is -2.80. The number of aliphatic imine (C=N–C) groups is 1. The molecule has 2 aliphatic rings. The van der Waals surface area contributed by atoms with Gasteiger partial charge in [-0.1, -0.05) is 43.5 Å². The van der Waals surface area contributed by atoms with E-state index in [1.54, 1.807) is 4.90 Å². The molecular weight excluding hydrogens is 599 g/mol. The van der Waals surface area contributed by atoms with Crippen LogP contribution in [0.1, 0.15) is 64.4 Å². The first kappa shape index (κ1) is 34.7. The fraction of sp³-hybridized carbons (Fsp3) is 0.655. The second kappa shape index (κ2) is 15.8. The van der Waals surface area contributed by atoms with Gasteiger partial charge < -0.3 is 42.3 Å². The van der Waals surface area contributed by atoms with Crippen molar-refractivity contribution in [1.82, 2.24) is 15.5 Å². The second-order valence-electron chi connectivity index (χ2n) is 11.6. The van der Waals surface area contributed by atoms with E-state index in [2.05, 4.69) is 15.6 Å². The number of fused-ring (bicyclic) bond motifs is 1. The number of phenols is 1. The van der Waals surface area contributed by atoms with Gasteiger partial charge in [0.05, 0.1) is 16.1 Å². The van der Waals surface area contributed by atoms with Crippen molar-refractivity contribution < 1.29 is 29.7 Å². The minimum atomic E-state index is -1.53. The van der Waals surface area contributed by atoms with E-state index in [0.717, 1.165) is 0 Å². The van der Waals surface area contributed by atoms with Gasteiger partial charge in [0.1, 0.15) is 18.2 Å². The van der Waals surface area contributed by atoms with Crippen LogP contribution in [-0.4, -0.2) is 87.3 Å². The van der Waals surface area contributed by atoms with Crippen LogP contribution in [0.3, 0.4) is 0 Å². The third-order valence-electron chi connectivity index (χ3n) is 8.47. The third kappa shape index (κ3) is 9.10. The Balaban J connectivity index is 1.76. The first-order chi connectivity index (χ1) is 20.3. The number of aromatic hydroxyl groups is 1. The second-order valence-corrected chi connectivity index (χ2v) is 12.4. The number of rotatable bonds is 13. The molecule has 1 saturated heterocycles.